The molecular weight excluding hydrogens is 544 g/mol. The van der Waals surface area contributed by atoms with E-state index in [2.05, 4.69) is 6.07 Å². The summed E-state index contributed by atoms with van der Waals surface area (Å²) in [7, 11) is 0. The lowest BCUT2D eigenvalue weighted by Crippen LogP contribution is -2.42. The summed E-state index contributed by atoms with van der Waals surface area (Å²) in [5.41, 5.74) is 1.40. The van der Waals surface area contributed by atoms with Gasteiger partial charge in [-0.3, -0.25) is 0 Å². The molecule has 6 bridgehead atoms. The molecule has 0 amide bonds. The van der Waals surface area contributed by atoms with Gasteiger partial charge in [0.05, 0.1) is 23.7 Å². The van der Waals surface area contributed by atoms with Crippen LogP contribution in [0.25, 0.3) is 28.0 Å². The molecule has 10 heteroatoms. The standard InChI is InChI=1S/C32H30O10/c1-29(2)21-15-35-27-23-19(7-11-33-23)14-18-6-10-32(40-26(18)27)38-22(30(3,4)42-32)16-36-28-24-20(8-12-34-24)13-17-5-9-31(37-21,41-29)39-25(17)28/h5,7-9,11-14,21-22H,6,10,15-16H2,1-4H3/t21-,22-,31+,32+/m1/s1. The van der Waals surface area contributed by atoms with E-state index in [9.17, 15) is 0 Å². The Kier molecular flexibility index (Phi) is 4.74. The number of furan rings is 2. The SMILES string of the molecule is CC1(C)O[C@]23C=Cc4cc5ccoc5c(c4O2)OC[C@H]2O[C@]4(CCc5cc6ccoc6c(c5O4)OC[C@H]1O3)OC2(C)C. The average molecular weight is 575 g/mol. The third-order valence-electron chi connectivity index (χ3n) is 8.84. The Morgan fingerprint density at radius 1 is 0.714 bits per heavy atom. The van der Waals surface area contributed by atoms with Gasteiger partial charge in [0.2, 0.25) is 11.5 Å². The van der Waals surface area contributed by atoms with E-state index in [1.807, 2.05) is 52.0 Å². The monoisotopic (exact) mass is 574 g/mol. The molecule has 0 aliphatic carbocycles. The highest BCUT2D eigenvalue weighted by atomic mass is 16.9. The van der Waals surface area contributed by atoms with Crippen molar-refractivity contribution in [2.45, 2.75) is 75.9 Å². The quantitative estimate of drug-likeness (QED) is 0.246. The van der Waals surface area contributed by atoms with Crippen LogP contribution in [0.2, 0.25) is 0 Å². The van der Waals surface area contributed by atoms with Crippen LogP contribution in [-0.2, 0) is 25.4 Å². The zero-order valence-electron chi connectivity index (χ0n) is 23.7. The summed E-state index contributed by atoms with van der Waals surface area (Å²) in [6.07, 6.45) is 7.12. The summed E-state index contributed by atoms with van der Waals surface area (Å²) >= 11 is 0. The summed E-state index contributed by atoms with van der Waals surface area (Å²) in [5, 5.41) is 1.80. The van der Waals surface area contributed by atoms with E-state index in [1.165, 1.54) is 0 Å². The maximum absolute atomic E-state index is 6.60. The fourth-order valence-corrected chi connectivity index (χ4v) is 6.56. The minimum Gasteiger partial charge on any atom is -0.483 e. The first-order valence-electron chi connectivity index (χ1n) is 14.3. The van der Waals surface area contributed by atoms with Crippen LogP contribution in [0, 0.1) is 0 Å². The molecule has 218 valence electrons. The lowest BCUT2D eigenvalue weighted by molar-refractivity contribution is -0.313. The van der Waals surface area contributed by atoms with Crippen molar-refractivity contribution in [3.8, 4) is 23.0 Å². The molecule has 4 aromatic rings. The summed E-state index contributed by atoms with van der Waals surface area (Å²) < 4.78 is 64.0. The first-order chi connectivity index (χ1) is 20.1. The van der Waals surface area contributed by atoms with Gasteiger partial charge in [-0.15, -0.1) is 0 Å². The highest BCUT2D eigenvalue weighted by Crippen LogP contribution is 2.52. The van der Waals surface area contributed by atoms with Crippen LogP contribution in [0.4, 0.5) is 0 Å². The van der Waals surface area contributed by atoms with Gasteiger partial charge in [0.15, 0.2) is 22.7 Å². The number of fused-ring (bicyclic) bond motifs is 6. The minimum atomic E-state index is -1.49. The Labute approximate surface area is 240 Å². The van der Waals surface area contributed by atoms with Gasteiger partial charge < -0.3 is 46.7 Å². The molecule has 10 nitrogen and oxygen atoms in total. The molecule has 2 spiro atoms. The lowest BCUT2D eigenvalue weighted by atomic mass is 10.0. The topological polar surface area (TPSA) is 100 Å². The number of hydrogen-bond donors (Lipinski definition) is 0. The highest BCUT2D eigenvalue weighted by Gasteiger charge is 2.58. The molecule has 0 radical (unpaired) electrons. The highest BCUT2D eigenvalue weighted by molar-refractivity contribution is 5.90. The maximum atomic E-state index is 6.60. The van der Waals surface area contributed by atoms with Crippen LogP contribution in [0.15, 0.2) is 51.7 Å². The average Bonchev–Trinajstić information content (AvgIpc) is 3.69. The van der Waals surface area contributed by atoms with Crippen molar-refractivity contribution < 1.29 is 46.7 Å². The van der Waals surface area contributed by atoms with E-state index in [0.29, 0.717) is 47.0 Å². The third kappa shape index (κ3) is 3.46. The lowest BCUT2D eigenvalue weighted by Gasteiger charge is -2.35. The molecule has 0 saturated carbocycles. The van der Waals surface area contributed by atoms with Gasteiger partial charge in [-0.25, -0.2) is 0 Å². The molecule has 2 aromatic heterocycles. The number of benzene rings is 2. The molecule has 0 unspecified atom stereocenters. The van der Waals surface area contributed by atoms with Crippen LogP contribution < -0.4 is 18.9 Å². The summed E-state index contributed by atoms with van der Waals surface area (Å²) in [6.45, 7) is 8.11. The largest absolute Gasteiger partial charge is 0.483 e. The minimum absolute atomic E-state index is 0.137. The van der Waals surface area contributed by atoms with Crippen molar-refractivity contribution in [2.75, 3.05) is 13.2 Å². The number of hydrogen-bond acceptors (Lipinski definition) is 10. The molecule has 2 saturated heterocycles. The second kappa shape index (κ2) is 8.02. The second-order valence-corrected chi connectivity index (χ2v) is 12.6. The number of ether oxygens (including phenoxy) is 8. The molecule has 2 fully saturated rings. The Balaban J connectivity index is 1.20. The normalized spacial score (nSPS) is 31.8. The van der Waals surface area contributed by atoms with Crippen molar-refractivity contribution in [3.05, 3.63) is 54.0 Å². The predicted octanol–water partition coefficient (Wildman–Crippen LogP) is 6.08. The molecule has 4 atom stereocenters. The van der Waals surface area contributed by atoms with Crippen LogP contribution in [0.5, 0.6) is 23.0 Å². The predicted molar refractivity (Wildman–Crippen MR) is 148 cm³/mol. The van der Waals surface area contributed by atoms with Crippen molar-refractivity contribution >= 4 is 28.0 Å². The van der Waals surface area contributed by atoms with E-state index in [0.717, 1.165) is 21.9 Å². The summed E-state index contributed by atoms with van der Waals surface area (Å²) in [6, 6.07) is 7.85. The molecule has 5 aliphatic heterocycles. The smallest absolute Gasteiger partial charge is 0.350 e. The Morgan fingerprint density at radius 3 is 2.14 bits per heavy atom. The first-order valence-corrected chi connectivity index (χ1v) is 14.3. The maximum Gasteiger partial charge on any atom is 0.350 e. The van der Waals surface area contributed by atoms with E-state index >= 15 is 0 Å². The number of aryl methyl sites for hydroxylation is 1. The number of rotatable bonds is 0. The van der Waals surface area contributed by atoms with Crippen LogP contribution in [0.3, 0.4) is 0 Å². The van der Waals surface area contributed by atoms with E-state index in [1.54, 1.807) is 18.6 Å². The van der Waals surface area contributed by atoms with Crippen molar-refractivity contribution in [3.63, 3.8) is 0 Å². The van der Waals surface area contributed by atoms with Crippen LogP contribution in [-0.4, -0.2) is 48.6 Å². The van der Waals surface area contributed by atoms with Gasteiger partial charge >= 0.3 is 11.9 Å². The molecule has 0 N–H and O–H groups in total. The molecular formula is C32H30O10. The fraction of sp³-hybridized carbons (Fsp3) is 0.438. The van der Waals surface area contributed by atoms with Crippen molar-refractivity contribution in [1.29, 1.82) is 0 Å². The van der Waals surface area contributed by atoms with Gasteiger partial charge in [0, 0.05) is 28.8 Å². The first kappa shape index (κ1) is 24.9. The molecule has 5 aliphatic rings. The van der Waals surface area contributed by atoms with E-state index in [4.69, 9.17) is 46.7 Å². The Morgan fingerprint density at radius 2 is 1.38 bits per heavy atom. The van der Waals surface area contributed by atoms with E-state index in [-0.39, 0.29) is 13.2 Å². The summed E-state index contributed by atoms with van der Waals surface area (Å²) in [5.74, 6) is -0.926. The van der Waals surface area contributed by atoms with E-state index < -0.39 is 35.4 Å². The zero-order valence-corrected chi connectivity index (χ0v) is 23.7. The second-order valence-electron chi connectivity index (χ2n) is 12.6. The molecule has 2 aromatic carbocycles. The third-order valence-corrected chi connectivity index (χ3v) is 8.84. The van der Waals surface area contributed by atoms with Crippen molar-refractivity contribution in [1.82, 2.24) is 0 Å². The van der Waals surface area contributed by atoms with Gasteiger partial charge in [0.1, 0.15) is 25.4 Å². The zero-order chi connectivity index (χ0) is 28.5. The fourth-order valence-electron chi connectivity index (χ4n) is 6.56. The Bertz CT molecular complexity index is 1800. The Hall–Kier alpha value is -3.70. The molecule has 9 rings (SSSR count). The van der Waals surface area contributed by atoms with Crippen LogP contribution in [0.1, 0.15) is 45.2 Å². The van der Waals surface area contributed by atoms with Gasteiger partial charge in [-0.05, 0) is 70.0 Å². The van der Waals surface area contributed by atoms with Crippen LogP contribution >= 0.6 is 0 Å². The van der Waals surface area contributed by atoms with Crippen molar-refractivity contribution in [2.24, 2.45) is 0 Å². The molecule has 42 heavy (non-hydrogen) atoms. The van der Waals surface area contributed by atoms with Gasteiger partial charge in [0.25, 0.3) is 0 Å². The molecule has 7 heterocycles. The summed E-state index contributed by atoms with van der Waals surface area (Å²) in [4.78, 5) is 0. The van der Waals surface area contributed by atoms with Gasteiger partial charge in [-0.2, -0.15) is 0 Å². The van der Waals surface area contributed by atoms with Gasteiger partial charge in [-0.1, -0.05) is 0 Å².